The molecule has 1 heterocycles. The molecule has 1 N–H and O–H groups in total. The minimum Gasteiger partial charge on any atom is -0.454 e. The molecule has 0 radical (unpaired) electrons. The van der Waals surface area contributed by atoms with Crippen LogP contribution < -0.4 is 5.32 Å². The third kappa shape index (κ3) is 2.58. The Kier molecular flexibility index (Phi) is 3.02. The highest BCUT2D eigenvalue weighted by Gasteiger charge is 2.14. The summed E-state index contributed by atoms with van der Waals surface area (Å²) >= 11 is 3.53. The van der Waals surface area contributed by atoms with Crippen LogP contribution in [0.3, 0.4) is 0 Å². The van der Waals surface area contributed by atoms with E-state index in [-0.39, 0.29) is 6.10 Å². The lowest BCUT2D eigenvalue weighted by Gasteiger charge is -2.21. The molecular formula is C6H11NO2S. The van der Waals surface area contributed by atoms with E-state index in [1.54, 1.807) is 0 Å². The van der Waals surface area contributed by atoms with Gasteiger partial charge >= 0.3 is 5.30 Å². The highest BCUT2D eigenvalue weighted by molar-refractivity contribution is 7.96. The lowest BCUT2D eigenvalue weighted by Crippen LogP contribution is -2.32. The first-order valence-electron chi connectivity index (χ1n) is 3.39. The Morgan fingerprint density at radius 3 is 2.60 bits per heavy atom. The van der Waals surface area contributed by atoms with Crippen molar-refractivity contribution in [3.8, 4) is 0 Å². The molecule has 3 nitrogen and oxygen atoms in total. The Balaban J connectivity index is 2.19. The summed E-state index contributed by atoms with van der Waals surface area (Å²) in [6, 6.07) is 0. The van der Waals surface area contributed by atoms with Crippen molar-refractivity contribution in [3.05, 3.63) is 0 Å². The minimum atomic E-state index is -0.466. The molecule has 0 amide bonds. The molecule has 1 aliphatic rings. The van der Waals surface area contributed by atoms with Crippen LogP contribution in [0.1, 0.15) is 12.8 Å². The molecule has 0 aromatic carbocycles. The van der Waals surface area contributed by atoms with E-state index in [9.17, 15) is 4.79 Å². The molecule has 1 aliphatic heterocycles. The topological polar surface area (TPSA) is 38.3 Å². The molecule has 1 saturated heterocycles. The Hall–Kier alpha value is -0.220. The maximum Gasteiger partial charge on any atom is 0.364 e. The standard InChI is InChI=1S/C6H11NO2S/c8-6(10)9-5-1-3-7-4-2-5/h5,7H,1-4H2,(H,8,10). The molecular weight excluding hydrogens is 150 g/mol. The quantitative estimate of drug-likeness (QED) is 0.441. The summed E-state index contributed by atoms with van der Waals surface area (Å²) < 4.78 is 4.88. The van der Waals surface area contributed by atoms with Gasteiger partial charge in [-0.1, -0.05) is 12.6 Å². The second kappa shape index (κ2) is 3.83. The number of nitrogens with one attached hydrogen (secondary N) is 1. The van der Waals surface area contributed by atoms with Crippen LogP contribution in [0.2, 0.25) is 0 Å². The van der Waals surface area contributed by atoms with Crippen molar-refractivity contribution < 1.29 is 9.53 Å². The molecule has 1 rings (SSSR count). The van der Waals surface area contributed by atoms with Gasteiger partial charge in [0.15, 0.2) is 0 Å². The Morgan fingerprint density at radius 2 is 2.10 bits per heavy atom. The third-order valence-electron chi connectivity index (χ3n) is 1.55. The van der Waals surface area contributed by atoms with Gasteiger partial charge in [-0.25, -0.2) is 4.79 Å². The molecule has 1 fully saturated rings. The Bertz CT molecular complexity index is 123. The first-order chi connectivity index (χ1) is 4.79. The van der Waals surface area contributed by atoms with E-state index >= 15 is 0 Å². The molecule has 58 valence electrons. The molecule has 0 unspecified atom stereocenters. The number of carbonyl (C=O) groups excluding carboxylic acids is 1. The van der Waals surface area contributed by atoms with Crippen LogP contribution in [0.4, 0.5) is 4.79 Å². The van der Waals surface area contributed by atoms with Crippen LogP contribution >= 0.6 is 12.6 Å². The van der Waals surface area contributed by atoms with Crippen molar-refractivity contribution in [3.63, 3.8) is 0 Å². The normalized spacial score (nSPS) is 20.5. The van der Waals surface area contributed by atoms with E-state index < -0.39 is 5.30 Å². The van der Waals surface area contributed by atoms with Gasteiger partial charge in [0.1, 0.15) is 6.10 Å². The van der Waals surface area contributed by atoms with E-state index in [1.165, 1.54) is 0 Å². The van der Waals surface area contributed by atoms with E-state index in [1.807, 2.05) is 0 Å². The van der Waals surface area contributed by atoms with Gasteiger partial charge in [0.05, 0.1) is 0 Å². The Labute approximate surface area is 65.5 Å². The van der Waals surface area contributed by atoms with Crippen molar-refractivity contribution >= 4 is 17.9 Å². The highest BCUT2D eigenvalue weighted by atomic mass is 32.1. The first-order valence-corrected chi connectivity index (χ1v) is 3.84. The molecule has 0 atom stereocenters. The molecule has 10 heavy (non-hydrogen) atoms. The SMILES string of the molecule is O=C(S)OC1CCNCC1. The van der Waals surface area contributed by atoms with Crippen LogP contribution in [-0.2, 0) is 4.74 Å². The number of ether oxygens (including phenoxy) is 1. The highest BCUT2D eigenvalue weighted by Crippen LogP contribution is 2.08. The lowest BCUT2D eigenvalue weighted by molar-refractivity contribution is 0.102. The van der Waals surface area contributed by atoms with E-state index in [4.69, 9.17) is 4.74 Å². The first kappa shape index (κ1) is 7.88. The largest absolute Gasteiger partial charge is 0.454 e. The van der Waals surface area contributed by atoms with Crippen molar-refractivity contribution in [2.45, 2.75) is 18.9 Å². The van der Waals surface area contributed by atoms with Crippen LogP contribution in [-0.4, -0.2) is 24.5 Å². The monoisotopic (exact) mass is 161 g/mol. The molecule has 0 aromatic rings. The fraction of sp³-hybridized carbons (Fsp3) is 0.833. The van der Waals surface area contributed by atoms with Crippen molar-refractivity contribution in [2.24, 2.45) is 0 Å². The molecule has 0 bridgehead atoms. The molecule has 0 aromatic heterocycles. The Morgan fingerprint density at radius 1 is 1.50 bits per heavy atom. The predicted octanol–water partition coefficient (Wildman–Crippen LogP) is 0.805. The molecule has 0 saturated carbocycles. The summed E-state index contributed by atoms with van der Waals surface area (Å²) in [5.74, 6) is 0. The lowest BCUT2D eigenvalue weighted by atomic mass is 10.1. The minimum absolute atomic E-state index is 0.0891. The van der Waals surface area contributed by atoms with Gasteiger partial charge in [-0.15, -0.1) is 0 Å². The van der Waals surface area contributed by atoms with E-state index in [0.29, 0.717) is 0 Å². The third-order valence-corrected chi connectivity index (χ3v) is 1.66. The van der Waals surface area contributed by atoms with Crippen LogP contribution in [0.5, 0.6) is 0 Å². The summed E-state index contributed by atoms with van der Waals surface area (Å²) in [6.07, 6.45) is 1.91. The summed E-state index contributed by atoms with van der Waals surface area (Å²) in [5.41, 5.74) is 0. The smallest absolute Gasteiger partial charge is 0.364 e. The second-order valence-electron chi connectivity index (χ2n) is 2.33. The fourth-order valence-electron chi connectivity index (χ4n) is 1.06. The maximum atomic E-state index is 10.3. The zero-order valence-electron chi connectivity index (χ0n) is 5.67. The van der Waals surface area contributed by atoms with Crippen LogP contribution in [0.15, 0.2) is 0 Å². The fourth-order valence-corrected chi connectivity index (χ4v) is 1.20. The number of piperidine rings is 1. The number of carbonyl (C=O) groups is 1. The van der Waals surface area contributed by atoms with Crippen molar-refractivity contribution in [1.82, 2.24) is 5.32 Å². The van der Waals surface area contributed by atoms with Crippen LogP contribution in [0.25, 0.3) is 0 Å². The zero-order valence-corrected chi connectivity index (χ0v) is 6.56. The number of rotatable bonds is 1. The maximum absolute atomic E-state index is 10.3. The summed E-state index contributed by atoms with van der Waals surface area (Å²) in [7, 11) is 0. The average molecular weight is 161 g/mol. The average Bonchev–Trinajstić information content (AvgIpc) is 1.88. The second-order valence-corrected chi connectivity index (χ2v) is 2.70. The van der Waals surface area contributed by atoms with Crippen molar-refractivity contribution in [2.75, 3.05) is 13.1 Å². The van der Waals surface area contributed by atoms with Gasteiger partial charge in [-0.3, -0.25) is 0 Å². The van der Waals surface area contributed by atoms with Gasteiger partial charge in [-0.2, -0.15) is 0 Å². The van der Waals surface area contributed by atoms with Crippen molar-refractivity contribution in [1.29, 1.82) is 0 Å². The van der Waals surface area contributed by atoms with Gasteiger partial charge < -0.3 is 10.1 Å². The number of hydrogen-bond acceptors (Lipinski definition) is 3. The van der Waals surface area contributed by atoms with Gasteiger partial charge in [0.25, 0.3) is 0 Å². The van der Waals surface area contributed by atoms with Crippen LogP contribution in [0, 0.1) is 0 Å². The van der Waals surface area contributed by atoms with E-state index in [2.05, 4.69) is 17.9 Å². The zero-order chi connectivity index (χ0) is 7.40. The molecule has 0 spiro atoms. The summed E-state index contributed by atoms with van der Waals surface area (Å²) in [5, 5.41) is 2.71. The van der Waals surface area contributed by atoms with E-state index in [0.717, 1.165) is 25.9 Å². The number of thiol groups is 1. The van der Waals surface area contributed by atoms with Gasteiger partial charge in [-0.05, 0) is 25.9 Å². The summed E-state index contributed by atoms with van der Waals surface area (Å²) in [6.45, 7) is 1.87. The molecule has 0 aliphatic carbocycles. The van der Waals surface area contributed by atoms with Gasteiger partial charge in [0, 0.05) is 0 Å². The molecule has 4 heteroatoms. The number of hydrogen-bond donors (Lipinski definition) is 2. The predicted molar refractivity (Wildman–Crippen MR) is 41.4 cm³/mol. The summed E-state index contributed by atoms with van der Waals surface area (Å²) in [4.78, 5) is 10.3. The van der Waals surface area contributed by atoms with Gasteiger partial charge in [0.2, 0.25) is 0 Å².